The van der Waals surface area contributed by atoms with Gasteiger partial charge in [-0.2, -0.15) is 0 Å². The van der Waals surface area contributed by atoms with E-state index in [1.807, 2.05) is 19.1 Å². The number of nitrogens with two attached hydrogens (primary N) is 1. The molecular formula is C13H20N2O4. The van der Waals surface area contributed by atoms with Gasteiger partial charge in [-0.3, -0.25) is 4.79 Å². The van der Waals surface area contributed by atoms with E-state index in [4.69, 9.17) is 21.1 Å². The maximum atomic E-state index is 12.0. The van der Waals surface area contributed by atoms with Crippen molar-refractivity contribution < 1.29 is 20.1 Å². The second-order valence-electron chi connectivity index (χ2n) is 4.63. The van der Waals surface area contributed by atoms with Gasteiger partial charge in [0.2, 0.25) is 5.91 Å². The largest absolute Gasteiger partial charge is 0.394 e. The van der Waals surface area contributed by atoms with E-state index in [-0.39, 0.29) is 0 Å². The van der Waals surface area contributed by atoms with Gasteiger partial charge in [-0.15, -0.1) is 0 Å². The van der Waals surface area contributed by atoms with E-state index in [1.165, 1.54) is 0 Å². The Labute approximate surface area is 111 Å². The van der Waals surface area contributed by atoms with E-state index in [2.05, 4.69) is 5.32 Å². The van der Waals surface area contributed by atoms with Crippen LogP contribution in [0.3, 0.4) is 0 Å². The van der Waals surface area contributed by atoms with Crippen molar-refractivity contribution in [2.45, 2.75) is 18.5 Å². The molecule has 19 heavy (non-hydrogen) atoms. The van der Waals surface area contributed by atoms with Crippen molar-refractivity contribution in [1.82, 2.24) is 5.32 Å². The zero-order valence-electron chi connectivity index (χ0n) is 10.8. The molecular weight excluding hydrogens is 248 g/mol. The van der Waals surface area contributed by atoms with Crippen LogP contribution in [0.1, 0.15) is 17.2 Å². The van der Waals surface area contributed by atoms with Gasteiger partial charge in [-0.25, -0.2) is 0 Å². The van der Waals surface area contributed by atoms with E-state index >= 15 is 0 Å². The third-order valence-corrected chi connectivity index (χ3v) is 3.02. The van der Waals surface area contributed by atoms with Crippen LogP contribution in [0.15, 0.2) is 24.3 Å². The number of carbonyl (C=O) groups excluding carboxylic acids is 1. The fourth-order valence-electron chi connectivity index (χ4n) is 1.53. The molecule has 0 radical (unpaired) electrons. The minimum absolute atomic E-state index is 0.569. The highest BCUT2D eigenvalue weighted by molar-refractivity contribution is 5.83. The molecule has 1 amide bonds. The van der Waals surface area contributed by atoms with Crippen molar-refractivity contribution in [3.8, 4) is 0 Å². The Morgan fingerprint density at radius 3 is 2.11 bits per heavy atom. The lowest BCUT2D eigenvalue weighted by Gasteiger charge is -2.30. The molecule has 106 valence electrons. The van der Waals surface area contributed by atoms with Gasteiger partial charge < -0.3 is 26.4 Å². The molecule has 1 unspecified atom stereocenters. The summed E-state index contributed by atoms with van der Waals surface area (Å²) in [6.45, 7) is 0.189. The van der Waals surface area contributed by atoms with E-state index in [0.29, 0.717) is 5.56 Å². The van der Waals surface area contributed by atoms with Gasteiger partial charge in [0.15, 0.2) is 0 Å². The van der Waals surface area contributed by atoms with Gasteiger partial charge >= 0.3 is 0 Å². The Kier molecular flexibility index (Phi) is 5.44. The molecule has 1 aromatic carbocycles. The third kappa shape index (κ3) is 3.74. The molecule has 0 aliphatic carbocycles. The molecule has 6 N–H and O–H groups in total. The first-order chi connectivity index (χ1) is 8.98. The van der Waals surface area contributed by atoms with Crippen LogP contribution in [0, 0.1) is 6.92 Å². The van der Waals surface area contributed by atoms with Crippen molar-refractivity contribution >= 4 is 5.91 Å². The number of carbonyl (C=O) groups is 1. The smallest absolute Gasteiger partial charge is 0.242 e. The molecule has 0 bridgehead atoms. The lowest BCUT2D eigenvalue weighted by atomic mass is 10.0. The normalized spacial score (nSPS) is 13.1. The molecule has 1 rings (SSSR count). The average molecular weight is 268 g/mol. The molecule has 0 heterocycles. The predicted molar refractivity (Wildman–Crippen MR) is 70.2 cm³/mol. The molecule has 0 spiro atoms. The summed E-state index contributed by atoms with van der Waals surface area (Å²) in [6, 6.07) is 6.21. The quantitative estimate of drug-likeness (QED) is 0.446. The summed E-state index contributed by atoms with van der Waals surface area (Å²) in [6.07, 6.45) is 0. The topological polar surface area (TPSA) is 116 Å². The summed E-state index contributed by atoms with van der Waals surface area (Å²) in [7, 11) is 0. The molecule has 0 aliphatic heterocycles. The van der Waals surface area contributed by atoms with E-state index in [9.17, 15) is 4.79 Å². The van der Waals surface area contributed by atoms with Crippen LogP contribution in [0.2, 0.25) is 0 Å². The number of nitrogens with one attached hydrogen (secondary N) is 1. The zero-order valence-corrected chi connectivity index (χ0v) is 10.8. The number of aryl methyl sites for hydroxylation is 1. The first kappa shape index (κ1) is 15.6. The molecule has 1 aromatic rings. The zero-order chi connectivity index (χ0) is 14.5. The van der Waals surface area contributed by atoms with E-state index < -0.39 is 37.3 Å². The highest BCUT2D eigenvalue weighted by Gasteiger charge is 2.32. The van der Waals surface area contributed by atoms with Crippen LogP contribution in [0.4, 0.5) is 0 Å². The van der Waals surface area contributed by atoms with Crippen molar-refractivity contribution in [3.05, 3.63) is 35.4 Å². The molecule has 0 saturated heterocycles. The first-order valence-electron chi connectivity index (χ1n) is 5.95. The van der Waals surface area contributed by atoms with Gasteiger partial charge in [-0.05, 0) is 12.5 Å². The maximum absolute atomic E-state index is 12.0. The van der Waals surface area contributed by atoms with Crippen LogP contribution in [-0.4, -0.2) is 46.6 Å². The second kappa shape index (κ2) is 6.63. The molecule has 1 atom stereocenters. The minimum atomic E-state index is -1.46. The second-order valence-corrected chi connectivity index (χ2v) is 4.63. The Morgan fingerprint density at radius 1 is 1.21 bits per heavy atom. The fraction of sp³-hybridized carbons (Fsp3) is 0.462. The number of rotatable bonds is 6. The molecule has 0 aliphatic rings. The molecule has 0 aromatic heterocycles. The summed E-state index contributed by atoms with van der Waals surface area (Å²) in [5, 5.41) is 29.8. The van der Waals surface area contributed by atoms with Gasteiger partial charge in [-0.1, -0.05) is 29.8 Å². The third-order valence-electron chi connectivity index (χ3n) is 3.02. The van der Waals surface area contributed by atoms with Crippen molar-refractivity contribution in [1.29, 1.82) is 0 Å². The number of amides is 1. The van der Waals surface area contributed by atoms with E-state index in [0.717, 1.165) is 5.56 Å². The number of aliphatic hydroxyl groups is 3. The Morgan fingerprint density at radius 2 is 1.68 bits per heavy atom. The Balaban J connectivity index is 2.80. The lowest BCUT2D eigenvalue weighted by Crippen LogP contribution is -2.58. The average Bonchev–Trinajstić information content (AvgIpc) is 2.45. The number of aliphatic hydroxyl groups excluding tert-OH is 3. The Hall–Kier alpha value is -1.47. The molecule has 0 saturated carbocycles. The van der Waals surface area contributed by atoms with Crippen molar-refractivity contribution in [3.63, 3.8) is 0 Å². The summed E-state index contributed by atoms with van der Waals surface area (Å²) < 4.78 is 0. The van der Waals surface area contributed by atoms with Crippen molar-refractivity contribution in [2.24, 2.45) is 5.73 Å². The highest BCUT2D eigenvalue weighted by atomic mass is 16.3. The van der Waals surface area contributed by atoms with Crippen LogP contribution >= 0.6 is 0 Å². The van der Waals surface area contributed by atoms with Crippen molar-refractivity contribution in [2.75, 3.05) is 19.8 Å². The van der Waals surface area contributed by atoms with Gasteiger partial charge in [0.25, 0.3) is 0 Å². The monoisotopic (exact) mass is 268 g/mol. The lowest BCUT2D eigenvalue weighted by molar-refractivity contribution is -0.126. The van der Waals surface area contributed by atoms with Gasteiger partial charge in [0.1, 0.15) is 11.6 Å². The molecule has 6 nitrogen and oxygen atoms in total. The predicted octanol–water partition coefficient (Wildman–Crippen LogP) is -1.17. The number of benzene rings is 1. The highest BCUT2D eigenvalue weighted by Crippen LogP contribution is 2.13. The standard InChI is InChI=1S/C13H20N2O4/c1-9-2-4-10(5-3-9)11(14)12(19)15-13(6-16,7-17)8-18/h2-5,11,16-18H,6-8,14H2,1H3,(H,15,19). The summed E-state index contributed by atoms with van der Waals surface area (Å²) in [5.41, 5.74) is 6.01. The maximum Gasteiger partial charge on any atom is 0.242 e. The SMILES string of the molecule is Cc1ccc(C(N)C(=O)NC(CO)(CO)CO)cc1. The van der Waals surface area contributed by atoms with Crippen LogP contribution < -0.4 is 11.1 Å². The number of hydrogen-bond donors (Lipinski definition) is 5. The molecule has 6 heteroatoms. The van der Waals surface area contributed by atoms with Gasteiger partial charge in [0, 0.05) is 0 Å². The van der Waals surface area contributed by atoms with Crippen LogP contribution in [-0.2, 0) is 4.79 Å². The number of hydrogen-bond acceptors (Lipinski definition) is 5. The van der Waals surface area contributed by atoms with Crippen LogP contribution in [0.25, 0.3) is 0 Å². The summed E-state index contributed by atoms with van der Waals surface area (Å²) in [4.78, 5) is 12.0. The Bertz CT molecular complexity index is 407. The summed E-state index contributed by atoms with van der Waals surface area (Å²) in [5.74, 6) is -0.569. The van der Waals surface area contributed by atoms with Crippen LogP contribution in [0.5, 0.6) is 0 Å². The van der Waals surface area contributed by atoms with Gasteiger partial charge in [0.05, 0.1) is 19.8 Å². The first-order valence-corrected chi connectivity index (χ1v) is 5.95. The summed E-state index contributed by atoms with van der Waals surface area (Å²) >= 11 is 0. The van der Waals surface area contributed by atoms with E-state index in [1.54, 1.807) is 12.1 Å². The molecule has 0 fully saturated rings. The minimum Gasteiger partial charge on any atom is -0.394 e. The fourth-order valence-corrected chi connectivity index (χ4v) is 1.53.